The SMILES string of the molecule is CC(Oc1ccc(OCc2ccccc2)cc1)C(=O)N/N=C/c1ccc(OCC(=O)O)cc1. The van der Waals surface area contributed by atoms with Crippen LogP contribution in [-0.4, -0.2) is 35.9 Å². The van der Waals surface area contributed by atoms with Crippen LogP contribution in [0.15, 0.2) is 84.0 Å². The molecule has 3 rings (SSSR count). The number of carbonyl (C=O) groups is 2. The summed E-state index contributed by atoms with van der Waals surface area (Å²) >= 11 is 0. The van der Waals surface area contributed by atoms with Crippen molar-refractivity contribution >= 4 is 18.1 Å². The lowest BCUT2D eigenvalue weighted by molar-refractivity contribution is -0.139. The number of benzene rings is 3. The summed E-state index contributed by atoms with van der Waals surface area (Å²) in [6, 6.07) is 23.5. The van der Waals surface area contributed by atoms with Crippen molar-refractivity contribution < 1.29 is 28.9 Å². The largest absolute Gasteiger partial charge is 0.489 e. The number of hydrazone groups is 1. The Bertz CT molecular complexity index is 1070. The van der Waals surface area contributed by atoms with E-state index in [9.17, 15) is 9.59 Å². The van der Waals surface area contributed by atoms with E-state index in [1.54, 1.807) is 55.5 Å². The summed E-state index contributed by atoms with van der Waals surface area (Å²) in [6.07, 6.45) is 0.704. The maximum atomic E-state index is 12.2. The summed E-state index contributed by atoms with van der Waals surface area (Å²) in [4.78, 5) is 22.7. The average molecular weight is 448 g/mol. The Labute approximate surface area is 191 Å². The Kier molecular flexibility index (Phi) is 8.41. The molecule has 0 spiro atoms. The van der Waals surface area contributed by atoms with Crippen molar-refractivity contribution in [3.63, 3.8) is 0 Å². The van der Waals surface area contributed by atoms with Crippen LogP contribution in [0, 0.1) is 0 Å². The molecule has 8 nitrogen and oxygen atoms in total. The molecule has 0 aromatic heterocycles. The molecule has 0 aliphatic heterocycles. The second-order valence-electron chi connectivity index (χ2n) is 6.99. The topological polar surface area (TPSA) is 106 Å². The highest BCUT2D eigenvalue weighted by molar-refractivity contribution is 5.84. The third kappa shape index (κ3) is 8.02. The number of nitrogens with one attached hydrogen (secondary N) is 1. The van der Waals surface area contributed by atoms with Gasteiger partial charge in [0.2, 0.25) is 0 Å². The van der Waals surface area contributed by atoms with Gasteiger partial charge in [-0.2, -0.15) is 5.10 Å². The smallest absolute Gasteiger partial charge is 0.341 e. The van der Waals surface area contributed by atoms with E-state index in [1.807, 2.05) is 30.3 Å². The first-order chi connectivity index (χ1) is 16.0. The molecule has 0 fully saturated rings. The number of carbonyl (C=O) groups excluding carboxylic acids is 1. The molecule has 1 atom stereocenters. The molecule has 0 aliphatic rings. The first-order valence-electron chi connectivity index (χ1n) is 10.2. The van der Waals surface area contributed by atoms with Crippen molar-refractivity contribution in [3.8, 4) is 17.2 Å². The Morgan fingerprint density at radius 3 is 2.18 bits per heavy atom. The Balaban J connectivity index is 1.42. The molecule has 33 heavy (non-hydrogen) atoms. The molecule has 3 aromatic rings. The summed E-state index contributed by atoms with van der Waals surface area (Å²) in [5.41, 5.74) is 4.21. The predicted octanol–water partition coefficient (Wildman–Crippen LogP) is 3.65. The number of rotatable bonds is 11. The van der Waals surface area contributed by atoms with Gasteiger partial charge in [0.05, 0.1) is 6.21 Å². The normalized spacial score (nSPS) is 11.5. The monoisotopic (exact) mass is 448 g/mol. The molecule has 2 N–H and O–H groups in total. The van der Waals surface area contributed by atoms with E-state index in [2.05, 4.69) is 10.5 Å². The van der Waals surface area contributed by atoms with Gasteiger partial charge in [-0.15, -0.1) is 0 Å². The summed E-state index contributed by atoms with van der Waals surface area (Å²) < 4.78 is 16.4. The molecule has 0 saturated carbocycles. The van der Waals surface area contributed by atoms with E-state index >= 15 is 0 Å². The van der Waals surface area contributed by atoms with Gasteiger partial charge in [0.25, 0.3) is 5.91 Å². The second-order valence-corrected chi connectivity index (χ2v) is 6.99. The zero-order chi connectivity index (χ0) is 23.5. The number of ether oxygens (including phenoxy) is 3. The molecular formula is C25H24N2O6. The maximum Gasteiger partial charge on any atom is 0.341 e. The summed E-state index contributed by atoms with van der Waals surface area (Å²) in [5.74, 6) is 0.208. The lowest BCUT2D eigenvalue weighted by Gasteiger charge is -2.13. The fourth-order valence-electron chi connectivity index (χ4n) is 2.67. The van der Waals surface area contributed by atoms with Gasteiger partial charge in [-0.1, -0.05) is 30.3 Å². The van der Waals surface area contributed by atoms with Gasteiger partial charge in [0, 0.05) is 0 Å². The molecule has 1 amide bonds. The van der Waals surface area contributed by atoms with Crippen LogP contribution in [0.3, 0.4) is 0 Å². The van der Waals surface area contributed by atoms with Gasteiger partial charge < -0.3 is 19.3 Å². The minimum Gasteiger partial charge on any atom is -0.489 e. The molecular weight excluding hydrogens is 424 g/mol. The van der Waals surface area contributed by atoms with Crippen molar-refractivity contribution in [2.24, 2.45) is 5.10 Å². The molecule has 0 saturated heterocycles. The standard InChI is InChI=1S/C25H24N2O6/c1-18(25(30)27-26-15-19-7-9-21(10-8-19)32-17-24(28)29)33-23-13-11-22(12-14-23)31-16-20-5-3-2-4-6-20/h2-15,18H,16-17H2,1H3,(H,27,30)(H,28,29)/b26-15+. The lowest BCUT2D eigenvalue weighted by atomic mass is 10.2. The molecule has 8 heteroatoms. The van der Waals surface area contributed by atoms with Gasteiger partial charge in [-0.3, -0.25) is 4.79 Å². The zero-order valence-electron chi connectivity index (χ0n) is 18.0. The van der Waals surface area contributed by atoms with Gasteiger partial charge in [0.1, 0.15) is 23.9 Å². The van der Waals surface area contributed by atoms with E-state index in [1.165, 1.54) is 6.21 Å². The number of carboxylic acids is 1. The molecule has 1 unspecified atom stereocenters. The molecule has 0 radical (unpaired) electrons. The maximum absolute atomic E-state index is 12.2. The quantitative estimate of drug-likeness (QED) is 0.343. The second kappa shape index (κ2) is 11.9. The Morgan fingerprint density at radius 1 is 0.909 bits per heavy atom. The van der Waals surface area contributed by atoms with Gasteiger partial charge in [-0.05, 0) is 66.6 Å². The zero-order valence-corrected chi connectivity index (χ0v) is 18.0. The van der Waals surface area contributed by atoms with Crippen LogP contribution < -0.4 is 19.6 Å². The predicted molar refractivity (Wildman–Crippen MR) is 123 cm³/mol. The van der Waals surface area contributed by atoms with E-state index in [4.69, 9.17) is 19.3 Å². The van der Waals surface area contributed by atoms with E-state index in [0.717, 1.165) is 5.56 Å². The number of amides is 1. The minimum absolute atomic E-state index is 0.405. The fourth-order valence-corrected chi connectivity index (χ4v) is 2.67. The third-order valence-electron chi connectivity index (χ3n) is 4.38. The molecule has 0 aliphatic carbocycles. The van der Waals surface area contributed by atoms with Crippen molar-refractivity contribution in [1.29, 1.82) is 0 Å². The highest BCUT2D eigenvalue weighted by atomic mass is 16.5. The molecule has 0 heterocycles. The van der Waals surface area contributed by atoms with Crippen LogP contribution in [0.25, 0.3) is 0 Å². The average Bonchev–Trinajstić information content (AvgIpc) is 2.83. The van der Waals surface area contributed by atoms with Crippen LogP contribution >= 0.6 is 0 Å². The summed E-state index contributed by atoms with van der Waals surface area (Å²) in [6.45, 7) is 1.68. The van der Waals surface area contributed by atoms with Crippen LogP contribution in [0.4, 0.5) is 0 Å². The molecule has 0 bridgehead atoms. The third-order valence-corrected chi connectivity index (χ3v) is 4.38. The fraction of sp³-hybridized carbons (Fsp3) is 0.160. The Morgan fingerprint density at radius 2 is 1.52 bits per heavy atom. The van der Waals surface area contributed by atoms with Crippen LogP contribution in [0.1, 0.15) is 18.1 Å². The molecule has 170 valence electrons. The lowest BCUT2D eigenvalue weighted by Crippen LogP contribution is -2.33. The van der Waals surface area contributed by atoms with Crippen LogP contribution in [0.2, 0.25) is 0 Å². The number of nitrogens with zero attached hydrogens (tertiary/aromatic N) is 1. The van der Waals surface area contributed by atoms with Crippen molar-refractivity contribution in [1.82, 2.24) is 5.43 Å². The Hall–Kier alpha value is -4.33. The highest BCUT2D eigenvalue weighted by Gasteiger charge is 2.14. The van der Waals surface area contributed by atoms with E-state index in [0.29, 0.717) is 29.4 Å². The highest BCUT2D eigenvalue weighted by Crippen LogP contribution is 2.19. The number of aliphatic carboxylic acids is 1. The first-order valence-corrected chi connectivity index (χ1v) is 10.2. The van der Waals surface area contributed by atoms with Gasteiger partial charge in [0.15, 0.2) is 12.7 Å². The summed E-state index contributed by atoms with van der Waals surface area (Å²) in [7, 11) is 0. The summed E-state index contributed by atoms with van der Waals surface area (Å²) in [5, 5.41) is 12.5. The molecule has 3 aromatic carbocycles. The van der Waals surface area contributed by atoms with Gasteiger partial charge >= 0.3 is 5.97 Å². The minimum atomic E-state index is -1.05. The first kappa shape index (κ1) is 23.3. The van der Waals surface area contributed by atoms with Crippen molar-refractivity contribution in [3.05, 3.63) is 90.0 Å². The van der Waals surface area contributed by atoms with Crippen LogP contribution in [-0.2, 0) is 16.2 Å². The van der Waals surface area contributed by atoms with E-state index in [-0.39, 0.29) is 0 Å². The van der Waals surface area contributed by atoms with E-state index < -0.39 is 24.6 Å². The number of carboxylic acid groups (broad SMARTS) is 1. The number of hydrogen-bond acceptors (Lipinski definition) is 6. The van der Waals surface area contributed by atoms with Gasteiger partial charge in [-0.25, -0.2) is 10.2 Å². The number of hydrogen-bond donors (Lipinski definition) is 2. The van der Waals surface area contributed by atoms with Crippen molar-refractivity contribution in [2.45, 2.75) is 19.6 Å². The van der Waals surface area contributed by atoms with Crippen LogP contribution in [0.5, 0.6) is 17.2 Å². The van der Waals surface area contributed by atoms with Crippen molar-refractivity contribution in [2.75, 3.05) is 6.61 Å².